The number of aromatic nitrogens is 3. The quantitative estimate of drug-likeness (QED) is 0.568. The third-order valence-corrected chi connectivity index (χ3v) is 4.57. The van der Waals surface area contributed by atoms with Gasteiger partial charge in [0.1, 0.15) is 5.75 Å². The SMILES string of the molecule is C=CCn1c(SC(C)C(=O)NC(=O)NC)nnc1-c1ccc(OC)cc1. The van der Waals surface area contributed by atoms with Gasteiger partial charge >= 0.3 is 6.03 Å². The molecule has 1 atom stereocenters. The van der Waals surface area contributed by atoms with Crippen molar-refractivity contribution < 1.29 is 14.3 Å². The van der Waals surface area contributed by atoms with Crippen LogP contribution in [0.5, 0.6) is 5.75 Å². The fourth-order valence-corrected chi connectivity index (χ4v) is 2.97. The maximum Gasteiger partial charge on any atom is 0.321 e. The van der Waals surface area contributed by atoms with E-state index in [0.717, 1.165) is 11.3 Å². The number of benzene rings is 1. The van der Waals surface area contributed by atoms with E-state index in [-0.39, 0.29) is 0 Å². The Morgan fingerprint density at radius 2 is 2.04 bits per heavy atom. The summed E-state index contributed by atoms with van der Waals surface area (Å²) in [6.07, 6.45) is 1.73. The summed E-state index contributed by atoms with van der Waals surface area (Å²) in [5.41, 5.74) is 0.870. The predicted octanol–water partition coefficient (Wildman–Crippen LogP) is 2.08. The van der Waals surface area contributed by atoms with E-state index in [4.69, 9.17) is 4.74 Å². The van der Waals surface area contributed by atoms with Gasteiger partial charge in [-0.05, 0) is 31.2 Å². The molecule has 0 aliphatic heterocycles. The van der Waals surface area contributed by atoms with Crippen LogP contribution in [-0.4, -0.2) is 46.1 Å². The maximum absolute atomic E-state index is 12.0. The molecule has 3 amide bonds. The lowest BCUT2D eigenvalue weighted by molar-refractivity contribution is -0.119. The highest BCUT2D eigenvalue weighted by atomic mass is 32.2. The molecular formula is C17H21N5O3S. The van der Waals surface area contributed by atoms with E-state index in [1.165, 1.54) is 18.8 Å². The Kier molecular flexibility index (Phi) is 6.79. The van der Waals surface area contributed by atoms with E-state index < -0.39 is 17.2 Å². The van der Waals surface area contributed by atoms with Crippen molar-refractivity contribution in [2.45, 2.75) is 23.9 Å². The van der Waals surface area contributed by atoms with Crippen molar-refractivity contribution >= 4 is 23.7 Å². The second-order valence-electron chi connectivity index (χ2n) is 5.26. The van der Waals surface area contributed by atoms with Crippen LogP contribution in [-0.2, 0) is 11.3 Å². The van der Waals surface area contributed by atoms with E-state index in [9.17, 15) is 9.59 Å². The van der Waals surface area contributed by atoms with Gasteiger partial charge in [-0.25, -0.2) is 4.79 Å². The standard InChI is InChI=1S/C17H21N5O3S/c1-5-10-22-14(12-6-8-13(25-4)9-7-12)20-21-17(22)26-11(2)15(23)19-16(24)18-3/h5-9,11H,1,10H2,2-4H3,(H2,18,19,23,24). The molecule has 2 rings (SSSR count). The zero-order chi connectivity index (χ0) is 19.1. The highest BCUT2D eigenvalue weighted by Crippen LogP contribution is 2.28. The van der Waals surface area contributed by atoms with Gasteiger partial charge in [0.25, 0.3) is 0 Å². The molecule has 0 bridgehead atoms. The summed E-state index contributed by atoms with van der Waals surface area (Å²) in [5.74, 6) is 1.00. The first-order valence-corrected chi connectivity index (χ1v) is 8.75. The molecule has 138 valence electrons. The minimum absolute atomic E-state index is 0.409. The second-order valence-corrected chi connectivity index (χ2v) is 6.57. The topological polar surface area (TPSA) is 98.1 Å². The molecular weight excluding hydrogens is 354 g/mol. The van der Waals surface area contributed by atoms with Gasteiger partial charge in [-0.1, -0.05) is 17.8 Å². The zero-order valence-electron chi connectivity index (χ0n) is 14.9. The number of nitrogens with zero attached hydrogens (tertiary/aromatic N) is 3. The van der Waals surface area contributed by atoms with Crippen molar-refractivity contribution in [3.63, 3.8) is 0 Å². The van der Waals surface area contributed by atoms with Gasteiger partial charge in [-0.2, -0.15) is 0 Å². The molecule has 1 aromatic heterocycles. The highest BCUT2D eigenvalue weighted by Gasteiger charge is 2.21. The number of carbonyl (C=O) groups is 2. The predicted molar refractivity (Wildman–Crippen MR) is 100 cm³/mol. The van der Waals surface area contributed by atoms with Gasteiger partial charge in [-0.3, -0.25) is 14.7 Å². The van der Waals surface area contributed by atoms with Crippen LogP contribution in [0, 0.1) is 0 Å². The van der Waals surface area contributed by atoms with Crippen LogP contribution >= 0.6 is 11.8 Å². The Hall–Kier alpha value is -2.81. The van der Waals surface area contributed by atoms with E-state index in [1.807, 2.05) is 28.8 Å². The number of ether oxygens (including phenoxy) is 1. The molecule has 0 fully saturated rings. The molecule has 9 heteroatoms. The largest absolute Gasteiger partial charge is 0.497 e. The van der Waals surface area contributed by atoms with E-state index in [2.05, 4.69) is 27.4 Å². The third-order valence-electron chi connectivity index (χ3n) is 3.49. The summed E-state index contributed by atoms with van der Waals surface area (Å²) in [5, 5.41) is 13.1. The summed E-state index contributed by atoms with van der Waals surface area (Å²) >= 11 is 1.22. The Balaban J connectivity index is 2.23. The third kappa shape index (κ3) is 4.63. The molecule has 8 nitrogen and oxygen atoms in total. The molecule has 1 heterocycles. The van der Waals surface area contributed by atoms with E-state index >= 15 is 0 Å². The van der Waals surface area contributed by atoms with Crippen LogP contribution in [0.25, 0.3) is 11.4 Å². The number of carbonyl (C=O) groups excluding carboxylic acids is 2. The average Bonchev–Trinajstić information content (AvgIpc) is 3.04. The first kappa shape index (κ1) is 19.5. The minimum Gasteiger partial charge on any atom is -0.497 e. The van der Waals surface area contributed by atoms with Crippen LogP contribution in [0.4, 0.5) is 4.79 Å². The van der Waals surface area contributed by atoms with Crippen molar-refractivity contribution in [3.05, 3.63) is 36.9 Å². The number of hydrogen-bond acceptors (Lipinski definition) is 6. The van der Waals surface area contributed by atoms with Gasteiger partial charge in [-0.15, -0.1) is 16.8 Å². The zero-order valence-corrected chi connectivity index (χ0v) is 15.7. The number of nitrogens with one attached hydrogen (secondary N) is 2. The minimum atomic E-state index is -0.547. The summed E-state index contributed by atoms with van der Waals surface area (Å²) < 4.78 is 7.03. The molecule has 1 unspecified atom stereocenters. The average molecular weight is 375 g/mol. The maximum atomic E-state index is 12.0. The van der Waals surface area contributed by atoms with Crippen LogP contribution in [0.2, 0.25) is 0 Å². The molecule has 1 aromatic carbocycles. The number of thioether (sulfide) groups is 1. The number of urea groups is 1. The normalized spacial score (nSPS) is 11.5. The van der Waals surface area contributed by atoms with Gasteiger partial charge in [0.05, 0.1) is 12.4 Å². The number of imide groups is 1. The van der Waals surface area contributed by atoms with Crippen molar-refractivity contribution in [1.82, 2.24) is 25.4 Å². The summed E-state index contributed by atoms with van der Waals surface area (Å²) in [6.45, 7) is 5.95. The Morgan fingerprint density at radius 1 is 1.35 bits per heavy atom. The molecule has 0 aliphatic carbocycles. The monoisotopic (exact) mass is 375 g/mol. The first-order valence-electron chi connectivity index (χ1n) is 7.87. The number of methoxy groups -OCH3 is 1. The molecule has 26 heavy (non-hydrogen) atoms. The fourth-order valence-electron chi connectivity index (χ4n) is 2.11. The fraction of sp³-hybridized carbons (Fsp3) is 0.294. The lowest BCUT2D eigenvalue weighted by Crippen LogP contribution is -2.41. The number of allylic oxidation sites excluding steroid dienone is 1. The lowest BCUT2D eigenvalue weighted by atomic mass is 10.2. The summed E-state index contributed by atoms with van der Waals surface area (Å²) in [7, 11) is 3.05. The Bertz CT molecular complexity index is 788. The molecule has 0 aliphatic rings. The van der Waals surface area contributed by atoms with Crippen LogP contribution in [0.15, 0.2) is 42.1 Å². The number of hydrogen-bond donors (Lipinski definition) is 2. The Labute approximate surface area is 156 Å². The van der Waals surface area contributed by atoms with Gasteiger partial charge in [0.2, 0.25) is 5.91 Å². The highest BCUT2D eigenvalue weighted by molar-refractivity contribution is 8.00. The smallest absolute Gasteiger partial charge is 0.321 e. The van der Waals surface area contributed by atoms with Crippen LogP contribution in [0.3, 0.4) is 0 Å². The lowest BCUT2D eigenvalue weighted by Gasteiger charge is -2.12. The second kappa shape index (κ2) is 9.04. The van der Waals surface area contributed by atoms with Gasteiger partial charge in [0.15, 0.2) is 11.0 Å². The van der Waals surface area contributed by atoms with Crippen molar-refractivity contribution in [2.75, 3.05) is 14.2 Å². The molecule has 0 spiro atoms. The van der Waals surface area contributed by atoms with Gasteiger partial charge in [0, 0.05) is 19.2 Å². The molecule has 2 N–H and O–H groups in total. The molecule has 0 radical (unpaired) electrons. The van der Waals surface area contributed by atoms with Crippen LogP contribution < -0.4 is 15.4 Å². The van der Waals surface area contributed by atoms with Crippen molar-refractivity contribution in [1.29, 1.82) is 0 Å². The number of rotatable bonds is 7. The Morgan fingerprint density at radius 3 is 2.62 bits per heavy atom. The van der Waals surface area contributed by atoms with E-state index in [0.29, 0.717) is 17.5 Å². The van der Waals surface area contributed by atoms with Crippen molar-refractivity contribution in [3.8, 4) is 17.1 Å². The van der Waals surface area contributed by atoms with Crippen molar-refractivity contribution in [2.24, 2.45) is 0 Å². The van der Waals surface area contributed by atoms with Gasteiger partial charge < -0.3 is 10.1 Å². The molecule has 0 saturated heterocycles. The first-order chi connectivity index (χ1) is 12.5. The molecule has 0 saturated carbocycles. The van der Waals surface area contributed by atoms with E-state index in [1.54, 1.807) is 20.1 Å². The molecule has 2 aromatic rings. The summed E-state index contributed by atoms with van der Waals surface area (Å²) in [4.78, 5) is 23.3. The number of amides is 3. The summed E-state index contributed by atoms with van der Waals surface area (Å²) in [6, 6.07) is 6.91. The van der Waals surface area contributed by atoms with Crippen LogP contribution in [0.1, 0.15) is 6.92 Å².